The van der Waals surface area contributed by atoms with Crippen molar-refractivity contribution in [1.29, 1.82) is 0 Å². The van der Waals surface area contributed by atoms with E-state index >= 15 is 0 Å². The minimum absolute atomic E-state index is 0.188. The van der Waals surface area contributed by atoms with Crippen LogP contribution in [-0.4, -0.2) is 18.7 Å². The molecule has 0 aliphatic carbocycles. The molecule has 96 valence electrons. The summed E-state index contributed by atoms with van der Waals surface area (Å²) in [5.74, 6) is 0.676. The molecule has 0 aromatic carbocycles. The van der Waals surface area contributed by atoms with Crippen molar-refractivity contribution in [2.75, 3.05) is 6.61 Å². The fourth-order valence-corrected chi connectivity index (χ4v) is 1.26. The number of rotatable bonds is 8. The summed E-state index contributed by atoms with van der Waals surface area (Å²) in [4.78, 5) is 10.6. The first-order valence-electron chi connectivity index (χ1n) is 6.07. The summed E-state index contributed by atoms with van der Waals surface area (Å²) >= 11 is 0. The highest BCUT2D eigenvalue weighted by Gasteiger charge is 2.27. The standard InChI is InChI=1S/C13H25FO2/c1-10(2)6-7-11(3)16-9-8-13(4,5)12(14)15/h10-11H,6-9H2,1-5H3. The van der Waals surface area contributed by atoms with Crippen LogP contribution in [0.5, 0.6) is 0 Å². The lowest BCUT2D eigenvalue weighted by atomic mass is 9.91. The number of carbonyl (C=O) groups is 1. The van der Waals surface area contributed by atoms with Gasteiger partial charge in [-0.3, -0.25) is 4.79 Å². The molecule has 0 saturated carbocycles. The van der Waals surface area contributed by atoms with Crippen LogP contribution in [0.25, 0.3) is 0 Å². The Morgan fingerprint density at radius 3 is 2.25 bits per heavy atom. The summed E-state index contributed by atoms with van der Waals surface area (Å²) in [5, 5.41) is 0. The molecule has 1 unspecified atom stereocenters. The number of hydrogen-bond acceptors (Lipinski definition) is 2. The molecular formula is C13H25FO2. The van der Waals surface area contributed by atoms with Crippen LogP contribution < -0.4 is 0 Å². The molecule has 0 aliphatic rings. The van der Waals surface area contributed by atoms with Gasteiger partial charge in [0.2, 0.25) is 0 Å². The highest BCUT2D eigenvalue weighted by atomic mass is 19.1. The van der Waals surface area contributed by atoms with Crippen LogP contribution in [0.2, 0.25) is 0 Å². The molecule has 0 aromatic rings. The minimum atomic E-state index is -1.26. The van der Waals surface area contributed by atoms with E-state index in [1.807, 2.05) is 6.92 Å². The molecule has 0 heterocycles. The smallest absolute Gasteiger partial charge is 0.307 e. The van der Waals surface area contributed by atoms with Crippen LogP contribution in [0.3, 0.4) is 0 Å². The van der Waals surface area contributed by atoms with Crippen molar-refractivity contribution in [3.63, 3.8) is 0 Å². The van der Waals surface area contributed by atoms with E-state index in [1.54, 1.807) is 13.8 Å². The van der Waals surface area contributed by atoms with Crippen LogP contribution >= 0.6 is 0 Å². The van der Waals surface area contributed by atoms with E-state index < -0.39 is 11.5 Å². The number of ether oxygens (including phenoxy) is 1. The van der Waals surface area contributed by atoms with Crippen LogP contribution in [-0.2, 0) is 9.53 Å². The van der Waals surface area contributed by atoms with Crippen molar-refractivity contribution in [2.45, 2.75) is 60.0 Å². The van der Waals surface area contributed by atoms with Gasteiger partial charge in [-0.25, -0.2) is 0 Å². The normalized spacial score (nSPS) is 14.2. The van der Waals surface area contributed by atoms with Crippen LogP contribution in [0.15, 0.2) is 0 Å². The zero-order chi connectivity index (χ0) is 12.8. The lowest BCUT2D eigenvalue weighted by Gasteiger charge is -2.20. The summed E-state index contributed by atoms with van der Waals surface area (Å²) in [6.45, 7) is 10.0. The maximum Gasteiger partial charge on any atom is 0.307 e. The Bertz CT molecular complexity index is 212. The Morgan fingerprint density at radius 2 is 1.81 bits per heavy atom. The molecule has 0 spiro atoms. The maximum absolute atomic E-state index is 12.6. The molecule has 2 nitrogen and oxygen atoms in total. The highest BCUT2D eigenvalue weighted by Crippen LogP contribution is 2.22. The van der Waals surface area contributed by atoms with Gasteiger partial charge in [-0.1, -0.05) is 27.7 Å². The predicted octanol–water partition coefficient (Wildman–Crippen LogP) is 3.74. The molecular weight excluding hydrogens is 207 g/mol. The van der Waals surface area contributed by atoms with E-state index in [0.29, 0.717) is 18.9 Å². The van der Waals surface area contributed by atoms with E-state index in [0.717, 1.165) is 12.8 Å². The Kier molecular flexibility index (Phi) is 6.81. The van der Waals surface area contributed by atoms with Gasteiger partial charge in [0.05, 0.1) is 11.5 Å². The molecule has 0 radical (unpaired) electrons. The lowest BCUT2D eigenvalue weighted by Crippen LogP contribution is -2.23. The van der Waals surface area contributed by atoms with E-state index in [4.69, 9.17) is 4.74 Å². The van der Waals surface area contributed by atoms with Crippen LogP contribution in [0.1, 0.15) is 53.9 Å². The molecule has 0 fully saturated rings. The summed E-state index contributed by atoms with van der Waals surface area (Å²) in [6, 6.07) is -1.26. The molecule has 16 heavy (non-hydrogen) atoms. The van der Waals surface area contributed by atoms with Gasteiger partial charge < -0.3 is 4.74 Å². The van der Waals surface area contributed by atoms with Gasteiger partial charge in [-0.15, -0.1) is 0 Å². The second kappa shape index (κ2) is 7.00. The summed E-state index contributed by atoms with van der Waals surface area (Å²) in [7, 11) is 0. The van der Waals surface area contributed by atoms with E-state index in [2.05, 4.69) is 13.8 Å². The third-order valence-electron chi connectivity index (χ3n) is 2.81. The first-order chi connectivity index (χ1) is 7.25. The lowest BCUT2D eigenvalue weighted by molar-refractivity contribution is -0.139. The van der Waals surface area contributed by atoms with Gasteiger partial charge in [0, 0.05) is 6.61 Å². The Balaban J connectivity index is 3.69. The van der Waals surface area contributed by atoms with Crippen molar-refractivity contribution in [3.8, 4) is 0 Å². The largest absolute Gasteiger partial charge is 0.378 e. The van der Waals surface area contributed by atoms with Gasteiger partial charge in [0.25, 0.3) is 0 Å². The third-order valence-corrected chi connectivity index (χ3v) is 2.81. The zero-order valence-corrected chi connectivity index (χ0v) is 11.2. The predicted molar refractivity (Wildman–Crippen MR) is 64.0 cm³/mol. The zero-order valence-electron chi connectivity index (χ0n) is 11.2. The highest BCUT2D eigenvalue weighted by molar-refractivity contribution is 5.74. The molecule has 1 atom stereocenters. The summed E-state index contributed by atoms with van der Waals surface area (Å²) < 4.78 is 18.1. The number of carbonyl (C=O) groups excluding carboxylic acids is 1. The second-order valence-electron chi connectivity index (χ2n) is 5.56. The van der Waals surface area contributed by atoms with Crippen LogP contribution in [0, 0.1) is 11.3 Å². The average molecular weight is 232 g/mol. The fraction of sp³-hybridized carbons (Fsp3) is 0.923. The quantitative estimate of drug-likeness (QED) is 0.596. The Labute approximate surface area is 98.6 Å². The fourth-order valence-electron chi connectivity index (χ4n) is 1.26. The molecule has 0 saturated heterocycles. The van der Waals surface area contributed by atoms with Gasteiger partial charge in [-0.05, 0) is 32.1 Å². The van der Waals surface area contributed by atoms with Crippen molar-refractivity contribution in [2.24, 2.45) is 11.3 Å². The number of hydrogen-bond donors (Lipinski definition) is 0. The van der Waals surface area contributed by atoms with E-state index in [1.165, 1.54) is 0 Å². The molecule has 0 aliphatic heterocycles. The van der Waals surface area contributed by atoms with Crippen molar-refractivity contribution in [3.05, 3.63) is 0 Å². The third kappa shape index (κ3) is 6.94. The second-order valence-corrected chi connectivity index (χ2v) is 5.56. The maximum atomic E-state index is 12.6. The van der Waals surface area contributed by atoms with Crippen molar-refractivity contribution in [1.82, 2.24) is 0 Å². The summed E-state index contributed by atoms with van der Waals surface area (Å²) in [6.07, 6.45) is 2.77. The van der Waals surface area contributed by atoms with Gasteiger partial charge >= 0.3 is 6.04 Å². The Morgan fingerprint density at radius 1 is 1.25 bits per heavy atom. The molecule has 0 rings (SSSR count). The first kappa shape index (κ1) is 15.6. The van der Waals surface area contributed by atoms with Gasteiger partial charge in [-0.2, -0.15) is 4.39 Å². The van der Waals surface area contributed by atoms with Gasteiger partial charge in [0.15, 0.2) is 0 Å². The monoisotopic (exact) mass is 232 g/mol. The summed E-state index contributed by atoms with van der Waals surface area (Å²) in [5.41, 5.74) is -0.905. The molecule has 0 bridgehead atoms. The van der Waals surface area contributed by atoms with Crippen molar-refractivity contribution >= 4 is 6.04 Å². The first-order valence-corrected chi connectivity index (χ1v) is 6.07. The average Bonchev–Trinajstić information content (AvgIpc) is 2.14. The molecule has 3 heteroatoms. The molecule has 0 N–H and O–H groups in total. The Hall–Kier alpha value is -0.440. The van der Waals surface area contributed by atoms with Crippen LogP contribution in [0.4, 0.5) is 4.39 Å². The minimum Gasteiger partial charge on any atom is -0.378 e. The number of halogens is 1. The van der Waals surface area contributed by atoms with E-state index in [9.17, 15) is 9.18 Å². The SMILES string of the molecule is CC(C)CCC(C)OCCC(C)(C)C(=O)F. The molecule has 0 amide bonds. The van der Waals surface area contributed by atoms with E-state index in [-0.39, 0.29) is 6.10 Å². The van der Waals surface area contributed by atoms with Gasteiger partial charge in [0.1, 0.15) is 0 Å². The van der Waals surface area contributed by atoms with Crippen molar-refractivity contribution < 1.29 is 13.9 Å². The topological polar surface area (TPSA) is 26.3 Å². The molecule has 0 aromatic heterocycles.